The fraction of sp³-hybridized carbons (Fsp3) is 0.647. The Morgan fingerprint density at radius 2 is 1.80 bits per heavy atom. The van der Waals surface area contributed by atoms with Crippen molar-refractivity contribution in [2.45, 2.75) is 50.7 Å². The van der Waals surface area contributed by atoms with Crippen LogP contribution in [0.3, 0.4) is 0 Å². The lowest BCUT2D eigenvalue weighted by Crippen LogP contribution is -2.38. The van der Waals surface area contributed by atoms with Gasteiger partial charge in [-0.15, -0.1) is 0 Å². The summed E-state index contributed by atoms with van der Waals surface area (Å²) in [7, 11) is 2.23. The highest BCUT2D eigenvalue weighted by atomic mass is 35.5. The Kier molecular flexibility index (Phi) is 4.65. The second-order valence-corrected chi connectivity index (χ2v) is 7.06. The summed E-state index contributed by atoms with van der Waals surface area (Å²) < 4.78 is 0. The topological polar surface area (TPSA) is 15.3 Å². The zero-order chi connectivity index (χ0) is 13.9. The van der Waals surface area contributed by atoms with Crippen LogP contribution in [0.1, 0.15) is 37.7 Å². The molecule has 0 spiro atoms. The van der Waals surface area contributed by atoms with Crippen LogP contribution in [0.25, 0.3) is 0 Å². The van der Waals surface area contributed by atoms with Crippen molar-refractivity contribution < 1.29 is 0 Å². The van der Waals surface area contributed by atoms with Gasteiger partial charge in [-0.3, -0.25) is 0 Å². The molecule has 20 heavy (non-hydrogen) atoms. The summed E-state index contributed by atoms with van der Waals surface area (Å²) in [6.45, 7) is 2.22. The van der Waals surface area contributed by atoms with Crippen molar-refractivity contribution in [2.75, 3.05) is 13.6 Å². The van der Waals surface area contributed by atoms with Gasteiger partial charge >= 0.3 is 0 Å². The van der Waals surface area contributed by atoms with Crippen molar-refractivity contribution >= 4 is 11.6 Å². The third-order valence-corrected chi connectivity index (χ3v) is 5.11. The van der Waals surface area contributed by atoms with Crippen LogP contribution in [0.4, 0.5) is 0 Å². The fourth-order valence-corrected chi connectivity index (χ4v) is 3.92. The monoisotopic (exact) mass is 292 g/mol. The van der Waals surface area contributed by atoms with E-state index in [-0.39, 0.29) is 0 Å². The van der Waals surface area contributed by atoms with Crippen molar-refractivity contribution in [1.29, 1.82) is 0 Å². The minimum atomic E-state index is 0.820. The average Bonchev–Trinajstić information content (AvgIpc) is 2.78. The summed E-state index contributed by atoms with van der Waals surface area (Å²) in [4.78, 5) is 2.44. The quantitative estimate of drug-likeness (QED) is 0.890. The molecule has 0 saturated carbocycles. The Morgan fingerprint density at radius 3 is 2.45 bits per heavy atom. The van der Waals surface area contributed by atoms with Crippen LogP contribution in [-0.4, -0.2) is 30.6 Å². The maximum atomic E-state index is 5.92. The normalized spacial score (nSPS) is 29.1. The van der Waals surface area contributed by atoms with Gasteiger partial charge < -0.3 is 10.2 Å². The van der Waals surface area contributed by atoms with Gasteiger partial charge in [-0.2, -0.15) is 0 Å². The van der Waals surface area contributed by atoms with Gasteiger partial charge in [0.2, 0.25) is 0 Å². The number of piperidine rings is 1. The first-order chi connectivity index (χ1) is 9.69. The summed E-state index contributed by atoms with van der Waals surface area (Å²) in [6.07, 6.45) is 6.94. The molecule has 110 valence electrons. The lowest BCUT2D eigenvalue weighted by atomic mass is 9.89. The van der Waals surface area contributed by atoms with Crippen molar-refractivity contribution in [3.05, 3.63) is 34.9 Å². The fourth-order valence-electron chi connectivity index (χ4n) is 3.79. The van der Waals surface area contributed by atoms with Gasteiger partial charge in [0.1, 0.15) is 0 Å². The number of nitrogens with one attached hydrogen (secondary N) is 1. The van der Waals surface area contributed by atoms with Gasteiger partial charge in [0.25, 0.3) is 0 Å². The minimum absolute atomic E-state index is 0.820. The third-order valence-electron chi connectivity index (χ3n) is 4.86. The number of fused-ring (bicyclic) bond motifs is 2. The van der Waals surface area contributed by atoms with Crippen molar-refractivity contribution in [2.24, 2.45) is 5.92 Å². The standard InChI is InChI=1S/C17H25ClN2/c1-20(12-13-2-4-15(18)5-3-13)9-8-14-10-16-6-7-17(11-14)19-16/h2-5,14,16-17,19H,6-12H2,1H3. The third kappa shape index (κ3) is 3.75. The van der Waals surface area contributed by atoms with E-state index in [1.165, 1.54) is 44.2 Å². The molecule has 1 aromatic rings. The van der Waals surface area contributed by atoms with Gasteiger partial charge in [-0.25, -0.2) is 0 Å². The molecule has 0 amide bonds. The second-order valence-electron chi connectivity index (χ2n) is 6.63. The Morgan fingerprint density at radius 1 is 1.15 bits per heavy atom. The number of nitrogens with zero attached hydrogens (tertiary/aromatic N) is 1. The molecule has 3 rings (SSSR count). The number of halogens is 1. The van der Waals surface area contributed by atoms with Crippen LogP contribution >= 0.6 is 11.6 Å². The molecule has 2 saturated heterocycles. The summed E-state index contributed by atoms with van der Waals surface area (Å²) in [5, 5.41) is 4.55. The van der Waals surface area contributed by atoms with Gasteiger partial charge in [0.05, 0.1) is 0 Å². The van der Waals surface area contributed by atoms with E-state index in [4.69, 9.17) is 11.6 Å². The largest absolute Gasteiger partial charge is 0.311 e. The highest BCUT2D eigenvalue weighted by molar-refractivity contribution is 6.30. The van der Waals surface area contributed by atoms with E-state index in [0.717, 1.165) is 29.6 Å². The Hall–Kier alpha value is -0.570. The lowest BCUT2D eigenvalue weighted by molar-refractivity contribution is 0.238. The Balaban J connectivity index is 1.42. The Labute approximate surface area is 127 Å². The summed E-state index contributed by atoms with van der Waals surface area (Å²) in [5.41, 5.74) is 1.35. The molecule has 1 N–H and O–H groups in total. The van der Waals surface area contributed by atoms with Crippen molar-refractivity contribution in [1.82, 2.24) is 10.2 Å². The molecule has 0 aromatic heterocycles. The number of hydrogen-bond donors (Lipinski definition) is 1. The van der Waals surface area contributed by atoms with Gasteiger partial charge in [0.15, 0.2) is 0 Å². The van der Waals surface area contributed by atoms with Crippen LogP contribution in [-0.2, 0) is 6.54 Å². The van der Waals surface area contributed by atoms with E-state index in [9.17, 15) is 0 Å². The highest BCUT2D eigenvalue weighted by Gasteiger charge is 2.32. The van der Waals surface area contributed by atoms with E-state index in [0.29, 0.717) is 0 Å². The smallest absolute Gasteiger partial charge is 0.0406 e. The Bertz CT molecular complexity index is 419. The first-order valence-electron chi connectivity index (χ1n) is 7.88. The molecule has 2 aliphatic rings. The van der Waals surface area contributed by atoms with Gasteiger partial charge in [-0.1, -0.05) is 23.7 Å². The first kappa shape index (κ1) is 14.4. The highest BCUT2D eigenvalue weighted by Crippen LogP contribution is 2.32. The van der Waals surface area contributed by atoms with Crippen LogP contribution in [0.2, 0.25) is 5.02 Å². The van der Waals surface area contributed by atoms with E-state index in [1.807, 2.05) is 12.1 Å². The molecular weight excluding hydrogens is 268 g/mol. The second kappa shape index (κ2) is 6.46. The maximum absolute atomic E-state index is 5.92. The number of benzene rings is 1. The number of rotatable bonds is 5. The van der Waals surface area contributed by atoms with Crippen LogP contribution < -0.4 is 5.32 Å². The molecule has 2 heterocycles. The molecule has 2 unspecified atom stereocenters. The van der Waals surface area contributed by atoms with Gasteiger partial charge in [-0.05, 0) is 69.3 Å². The van der Waals surface area contributed by atoms with E-state index >= 15 is 0 Å². The zero-order valence-corrected chi connectivity index (χ0v) is 13.1. The van der Waals surface area contributed by atoms with Crippen LogP contribution in [0.5, 0.6) is 0 Å². The molecule has 2 nitrogen and oxygen atoms in total. The predicted molar refractivity (Wildman–Crippen MR) is 85.1 cm³/mol. The zero-order valence-electron chi connectivity index (χ0n) is 12.3. The molecule has 2 atom stereocenters. The minimum Gasteiger partial charge on any atom is -0.311 e. The summed E-state index contributed by atoms with van der Waals surface area (Å²) in [6, 6.07) is 9.86. The lowest BCUT2D eigenvalue weighted by Gasteiger charge is -2.30. The molecule has 2 bridgehead atoms. The molecule has 3 heteroatoms. The molecule has 2 aliphatic heterocycles. The van der Waals surface area contributed by atoms with Crippen molar-refractivity contribution in [3.63, 3.8) is 0 Å². The summed E-state index contributed by atoms with van der Waals surface area (Å²) in [5.74, 6) is 0.932. The SMILES string of the molecule is CN(CCC1CC2CCC(C1)N2)Cc1ccc(Cl)cc1. The summed E-state index contributed by atoms with van der Waals surface area (Å²) >= 11 is 5.92. The molecule has 2 fully saturated rings. The average molecular weight is 293 g/mol. The van der Waals surface area contributed by atoms with E-state index in [1.54, 1.807) is 0 Å². The molecule has 0 radical (unpaired) electrons. The molecule has 0 aliphatic carbocycles. The predicted octanol–water partition coefficient (Wildman–Crippen LogP) is 3.69. The van der Waals surface area contributed by atoms with Crippen molar-refractivity contribution in [3.8, 4) is 0 Å². The maximum Gasteiger partial charge on any atom is 0.0406 e. The first-order valence-corrected chi connectivity index (χ1v) is 8.26. The molecular formula is C17H25ClN2. The van der Waals surface area contributed by atoms with Crippen LogP contribution in [0.15, 0.2) is 24.3 Å². The van der Waals surface area contributed by atoms with Gasteiger partial charge in [0, 0.05) is 23.7 Å². The number of hydrogen-bond acceptors (Lipinski definition) is 2. The molecule has 1 aromatic carbocycles. The van der Waals surface area contributed by atoms with Crippen LogP contribution in [0, 0.1) is 5.92 Å². The van der Waals surface area contributed by atoms with E-state index in [2.05, 4.69) is 29.4 Å². The van der Waals surface area contributed by atoms with E-state index < -0.39 is 0 Å².